The summed E-state index contributed by atoms with van der Waals surface area (Å²) in [7, 11) is 0. The van der Waals surface area contributed by atoms with Crippen LogP contribution in [0.25, 0.3) is 0 Å². The first-order valence-electron chi connectivity index (χ1n) is 11.2. The van der Waals surface area contributed by atoms with Gasteiger partial charge in [0, 0.05) is 0 Å². The van der Waals surface area contributed by atoms with E-state index in [4.69, 9.17) is 0 Å². The maximum absolute atomic E-state index is 11.4. The van der Waals surface area contributed by atoms with Gasteiger partial charge in [-0.3, -0.25) is 0 Å². The number of carbonyl (C=O) groups is 1. The molecular weight excluding hydrogens is 310 g/mol. The Morgan fingerprint density at radius 3 is 1.36 bits per heavy atom. The highest BCUT2D eigenvalue weighted by molar-refractivity contribution is 5.67. The number of nitrogens with zero attached hydrogens (tertiary/aromatic N) is 1. The third-order valence-corrected chi connectivity index (χ3v) is 5.43. The zero-order valence-electron chi connectivity index (χ0n) is 17.5. The van der Waals surface area contributed by atoms with Crippen molar-refractivity contribution in [2.75, 3.05) is 26.2 Å². The van der Waals surface area contributed by atoms with Crippen LogP contribution in [0.4, 0.5) is 0 Å². The highest BCUT2D eigenvalue weighted by Crippen LogP contribution is 2.16. The minimum absolute atomic E-state index is 0.317. The lowest BCUT2D eigenvalue weighted by Gasteiger charge is -2.37. The average Bonchev–Trinajstić information content (AvgIpc) is 2.59. The van der Waals surface area contributed by atoms with Crippen LogP contribution < -0.4 is 0 Å². The molecule has 0 unspecified atom stereocenters. The standard InChI is InChI=1S/C22H45NO2/c1-4-7-10-11-12-13-14-15-16-17-20-23(18-8-5-2,19-9-6-3)21-22(24)25/h4-21H2,1-3H3/p+1. The fourth-order valence-corrected chi connectivity index (χ4v) is 3.78. The summed E-state index contributed by atoms with van der Waals surface area (Å²) < 4.78 is 0.814. The zero-order valence-corrected chi connectivity index (χ0v) is 17.5. The van der Waals surface area contributed by atoms with Gasteiger partial charge in [-0.2, -0.15) is 0 Å². The van der Waals surface area contributed by atoms with Gasteiger partial charge in [-0.1, -0.05) is 85.0 Å². The molecule has 0 aliphatic carbocycles. The molecule has 3 nitrogen and oxygen atoms in total. The molecule has 0 atom stereocenters. The first-order valence-corrected chi connectivity index (χ1v) is 11.2. The second kappa shape index (κ2) is 16.9. The van der Waals surface area contributed by atoms with Crippen LogP contribution in [-0.4, -0.2) is 41.7 Å². The molecule has 0 bridgehead atoms. The van der Waals surface area contributed by atoms with Gasteiger partial charge in [0.25, 0.3) is 0 Å². The van der Waals surface area contributed by atoms with E-state index in [0.29, 0.717) is 6.54 Å². The van der Waals surface area contributed by atoms with Crippen LogP contribution in [-0.2, 0) is 4.79 Å². The summed E-state index contributed by atoms with van der Waals surface area (Å²) in [6.07, 6.45) is 18.0. The molecular formula is C22H46NO2+. The van der Waals surface area contributed by atoms with E-state index in [-0.39, 0.29) is 0 Å². The van der Waals surface area contributed by atoms with E-state index >= 15 is 0 Å². The monoisotopic (exact) mass is 356 g/mol. The molecule has 0 heterocycles. The molecule has 1 N–H and O–H groups in total. The van der Waals surface area contributed by atoms with Crippen molar-refractivity contribution in [1.29, 1.82) is 0 Å². The lowest BCUT2D eigenvalue weighted by atomic mass is 10.1. The van der Waals surface area contributed by atoms with E-state index in [9.17, 15) is 9.90 Å². The molecule has 0 aliphatic heterocycles. The van der Waals surface area contributed by atoms with Gasteiger partial charge in [0.1, 0.15) is 0 Å². The fraction of sp³-hybridized carbons (Fsp3) is 0.955. The van der Waals surface area contributed by atoms with E-state index in [1.165, 1.54) is 64.2 Å². The molecule has 25 heavy (non-hydrogen) atoms. The van der Waals surface area contributed by atoms with Gasteiger partial charge < -0.3 is 9.59 Å². The third kappa shape index (κ3) is 14.3. The van der Waals surface area contributed by atoms with Gasteiger partial charge in [-0.25, -0.2) is 4.79 Å². The average molecular weight is 357 g/mol. The largest absolute Gasteiger partial charge is 0.477 e. The summed E-state index contributed by atoms with van der Waals surface area (Å²) >= 11 is 0. The van der Waals surface area contributed by atoms with Gasteiger partial charge >= 0.3 is 5.97 Å². The van der Waals surface area contributed by atoms with Crippen molar-refractivity contribution in [1.82, 2.24) is 0 Å². The molecule has 0 rings (SSSR count). The Bertz CT molecular complexity index is 296. The summed E-state index contributed by atoms with van der Waals surface area (Å²) in [5.74, 6) is -0.626. The Morgan fingerprint density at radius 2 is 0.960 bits per heavy atom. The van der Waals surface area contributed by atoms with Crippen LogP contribution in [0.5, 0.6) is 0 Å². The summed E-state index contributed by atoms with van der Waals surface area (Å²) in [5.41, 5.74) is 0. The van der Waals surface area contributed by atoms with E-state index in [2.05, 4.69) is 20.8 Å². The van der Waals surface area contributed by atoms with Gasteiger partial charge in [0.15, 0.2) is 6.54 Å². The first kappa shape index (κ1) is 24.4. The van der Waals surface area contributed by atoms with E-state index in [0.717, 1.165) is 49.8 Å². The topological polar surface area (TPSA) is 37.3 Å². The predicted octanol–water partition coefficient (Wildman–Crippen LogP) is 6.41. The summed E-state index contributed by atoms with van der Waals surface area (Å²) in [4.78, 5) is 11.4. The molecule has 0 saturated heterocycles. The van der Waals surface area contributed by atoms with Gasteiger partial charge in [-0.15, -0.1) is 0 Å². The SMILES string of the molecule is CCCCCCCCCCCC[N+](CCCC)(CCCC)CC(=O)O. The Balaban J connectivity index is 4.08. The van der Waals surface area contributed by atoms with Gasteiger partial charge in [-0.05, 0) is 25.7 Å². The van der Waals surface area contributed by atoms with Crippen LogP contribution in [0.2, 0.25) is 0 Å². The molecule has 0 spiro atoms. The number of carboxylic acids is 1. The Kier molecular flexibility index (Phi) is 16.5. The molecule has 0 amide bonds. The van der Waals surface area contributed by atoms with E-state index < -0.39 is 5.97 Å². The molecule has 0 aromatic rings. The molecule has 0 aromatic heterocycles. The van der Waals surface area contributed by atoms with Crippen LogP contribution in [0.1, 0.15) is 111 Å². The second-order valence-corrected chi connectivity index (χ2v) is 7.95. The van der Waals surface area contributed by atoms with Gasteiger partial charge in [0.2, 0.25) is 0 Å². The van der Waals surface area contributed by atoms with Crippen molar-refractivity contribution in [3.8, 4) is 0 Å². The van der Waals surface area contributed by atoms with Crippen LogP contribution in [0.3, 0.4) is 0 Å². The van der Waals surface area contributed by atoms with Gasteiger partial charge in [0.05, 0.1) is 19.6 Å². The summed E-state index contributed by atoms with van der Waals surface area (Å²) in [5, 5.41) is 9.39. The Morgan fingerprint density at radius 1 is 0.600 bits per heavy atom. The maximum atomic E-state index is 11.4. The molecule has 0 aliphatic rings. The fourth-order valence-electron chi connectivity index (χ4n) is 3.78. The molecule has 150 valence electrons. The van der Waals surface area contributed by atoms with Crippen LogP contribution in [0.15, 0.2) is 0 Å². The number of carboxylic acid groups (broad SMARTS) is 1. The normalized spacial score (nSPS) is 11.8. The molecule has 0 fully saturated rings. The quantitative estimate of drug-likeness (QED) is 0.214. The van der Waals surface area contributed by atoms with Crippen molar-refractivity contribution >= 4 is 5.97 Å². The number of quaternary nitrogens is 1. The molecule has 0 aromatic carbocycles. The van der Waals surface area contributed by atoms with Crippen LogP contribution in [0, 0.1) is 0 Å². The second-order valence-electron chi connectivity index (χ2n) is 7.95. The van der Waals surface area contributed by atoms with Crippen molar-refractivity contribution in [2.24, 2.45) is 0 Å². The maximum Gasteiger partial charge on any atom is 0.359 e. The predicted molar refractivity (Wildman–Crippen MR) is 109 cm³/mol. The van der Waals surface area contributed by atoms with Crippen molar-refractivity contribution in [3.05, 3.63) is 0 Å². The Hall–Kier alpha value is -0.570. The minimum Gasteiger partial charge on any atom is -0.477 e. The van der Waals surface area contributed by atoms with E-state index in [1.807, 2.05) is 0 Å². The zero-order chi connectivity index (χ0) is 18.8. The minimum atomic E-state index is -0.626. The number of unbranched alkanes of at least 4 members (excludes halogenated alkanes) is 11. The van der Waals surface area contributed by atoms with Crippen molar-refractivity contribution < 1.29 is 14.4 Å². The first-order chi connectivity index (χ1) is 12.1. The molecule has 3 heteroatoms. The Labute approximate surface area is 157 Å². The van der Waals surface area contributed by atoms with Crippen molar-refractivity contribution in [2.45, 2.75) is 111 Å². The lowest BCUT2D eigenvalue weighted by molar-refractivity contribution is -0.922. The number of hydrogen-bond donors (Lipinski definition) is 1. The van der Waals surface area contributed by atoms with Crippen molar-refractivity contribution in [3.63, 3.8) is 0 Å². The van der Waals surface area contributed by atoms with Crippen LogP contribution >= 0.6 is 0 Å². The van der Waals surface area contributed by atoms with E-state index in [1.54, 1.807) is 0 Å². The highest BCUT2D eigenvalue weighted by atomic mass is 16.4. The lowest BCUT2D eigenvalue weighted by Crippen LogP contribution is -2.53. The third-order valence-electron chi connectivity index (χ3n) is 5.43. The molecule has 0 saturated carbocycles. The number of aliphatic carboxylic acids is 1. The smallest absolute Gasteiger partial charge is 0.359 e. The number of rotatable bonds is 19. The summed E-state index contributed by atoms with van der Waals surface area (Å²) in [6, 6.07) is 0. The summed E-state index contributed by atoms with van der Waals surface area (Å²) in [6.45, 7) is 10.1. The molecule has 0 radical (unpaired) electrons. The highest BCUT2D eigenvalue weighted by Gasteiger charge is 2.28. The number of hydrogen-bond acceptors (Lipinski definition) is 1.